The van der Waals surface area contributed by atoms with Gasteiger partial charge in [-0.05, 0) is 25.1 Å². The van der Waals surface area contributed by atoms with Gasteiger partial charge in [-0.2, -0.15) is 5.10 Å². The lowest BCUT2D eigenvalue weighted by atomic mass is 10.2. The maximum Gasteiger partial charge on any atom is 0.266 e. The van der Waals surface area contributed by atoms with E-state index in [1.807, 2.05) is 19.1 Å². The first kappa shape index (κ1) is 9.39. The van der Waals surface area contributed by atoms with Crippen LogP contribution in [0.5, 0.6) is 0 Å². The lowest BCUT2D eigenvalue weighted by Gasteiger charge is -1.95. The van der Waals surface area contributed by atoms with Crippen LogP contribution >= 0.6 is 0 Å². The number of pyridine rings is 1. The zero-order chi connectivity index (χ0) is 10.8. The fourth-order valence-electron chi connectivity index (χ4n) is 1.22. The molecular formula is C10H10N4O. The van der Waals surface area contributed by atoms with Crippen molar-refractivity contribution in [2.45, 2.75) is 6.92 Å². The second kappa shape index (κ2) is 3.53. The molecule has 0 unspecified atom stereocenters. The van der Waals surface area contributed by atoms with Crippen LogP contribution in [-0.2, 0) is 0 Å². The molecule has 76 valence electrons. The van der Waals surface area contributed by atoms with E-state index in [-0.39, 0.29) is 0 Å². The van der Waals surface area contributed by atoms with E-state index in [0.29, 0.717) is 11.4 Å². The lowest BCUT2D eigenvalue weighted by molar-refractivity contribution is 0.0995. The highest BCUT2D eigenvalue weighted by atomic mass is 16.1. The van der Waals surface area contributed by atoms with Crippen molar-refractivity contribution in [2.75, 3.05) is 0 Å². The van der Waals surface area contributed by atoms with Crippen molar-refractivity contribution in [3.8, 4) is 11.3 Å². The number of nitrogens with one attached hydrogen (secondary N) is 1. The van der Waals surface area contributed by atoms with E-state index >= 15 is 0 Å². The smallest absolute Gasteiger partial charge is 0.266 e. The van der Waals surface area contributed by atoms with Crippen LogP contribution in [0.4, 0.5) is 0 Å². The first-order valence-corrected chi connectivity index (χ1v) is 4.45. The number of carbonyl (C=O) groups excluding carboxylic acids is 1. The number of aryl methyl sites for hydroxylation is 1. The lowest BCUT2D eigenvalue weighted by Crippen LogP contribution is -2.10. The van der Waals surface area contributed by atoms with Crippen LogP contribution < -0.4 is 5.73 Å². The minimum Gasteiger partial charge on any atom is -0.364 e. The van der Waals surface area contributed by atoms with Gasteiger partial charge in [0.2, 0.25) is 0 Å². The zero-order valence-corrected chi connectivity index (χ0v) is 8.19. The summed E-state index contributed by atoms with van der Waals surface area (Å²) < 4.78 is 0. The molecule has 0 spiro atoms. The van der Waals surface area contributed by atoms with Gasteiger partial charge in [-0.1, -0.05) is 0 Å². The van der Waals surface area contributed by atoms with E-state index in [4.69, 9.17) is 5.73 Å². The average molecular weight is 202 g/mol. The SMILES string of the molecule is Cc1ccc(-c2cc(C(N)=O)[nH]n2)cn1. The summed E-state index contributed by atoms with van der Waals surface area (Å²) in [5.41, 5.74) is 7.85. The maximum absolute atomic E-state index is 10.8. The van der Waals surface area contributed by atoms with E-state index < -0.39 is 5.91 Å². The number of carbonyl (C=O) groups is 1. The van der Waals surface area contributed by atoms with Crippen molar-refractivity contribution in [3.63, 3.8) is 0 Å². The number of nitrogens with zero attached hydrogens (tertiary/aromatic N) is 2. The summed E-state index contributed by atoms with van der Waals surface area (Å²) in [6.45, 7) is 1.91. The van der Waals surface area contributed by atoms with Crippen molar-refractivity contribution in [2.24, 2.45) is 5.73 Å². The molecule has 2 heterocycles. The van der Waals surface area contributed by atoms with Crippen LogP contribution in [0.15, 0.2) is 24.4 Å². The summed E-state index contributed by atoms with van der Waals surface area (Å²) in [6.07, 6.45) is 1.70. The van der Waals surface area contributed by atoms with Crippen LogP contribution in [0.25, 0.3) is 11.3 Å². The van der Waals surface area contributed by atoms with Crippen LogP contribution in [0.2, 0.25) is 0 Å². The van der Waals surface area contributed by atoms with Crippen molar-refractivity contribution < 1.29 is 4.79 Å². The minimum absolute atomic E-state index is 0.297. The van der Waals surface area contributed by atoms with Crippen molar-refractivity contribution in [3.05, 3.63) is 35.8 Å². The van der Waals surface area contributed by atoms with E-state index in [9.17, 15) is 4.79 Å². The molecule has 0 bridgehead atoms. The summed E-state index contributed by atoms with van der Waals surface area (Å²) in [6, 6.07) is 5.38. The number of nitrogens with two attached hydrogens (primary N) is 1. The van der Waals surface area contributed by atoms with Gasteiger partial charge in [0.25, 0.3) is 5.91 Å². The van der Waals surface area contributed by atoms with Gasteiger partial charge in [0.15, 0.2) is 0 Å². The van der Waals surface area contributed by atoms with E-state index in [1.54, 1.807) is 12.3 Å². The third-order valence-corrected chi connectivity index (χ3v) is 2.05. The Kier molecular flexibility index (Phi) is 2.21. The number of primary amides is 1. The van der Waals surface area contributed by atoms with E-state index in [2.05, 4.69) is 15.2 Å². The predicted molar refractivity (Wildman–Crippen MR) is 55.1 cm³/mol. The standard InChI is InChI=1S/C10H10N4O/c1-6-2-3-7(5-12-6)8-4-9(10(11)15)14-13-8/h2-5H,1H3,(H2,11,15)(H,13,14). The molecule has 3 N–H and O–H groups in total. The molecule has 2 rings (SSSR count). The summed E-state index contributed by atoms with van der Waals surface area (Å²) in [5, 5.41) is 6.54. The highest BCUT2D eigenvalue weighted by molar-refractivity contribution is 5.91. The summed E-state index contributed by atoms with van der Waals surface area (Å²) >= 11 is 0. The van der Waals surface area contributed by atoms with Gasteiger partial charge in [-0.3, -0.25) is 14.9 Å². The molecule has 1 amide bonds. The molecule has 0 aliphatic heterocycles. The quantitative estimate of drug-likeness (QED) is 0.758. The molecule has 5 heteroatoms. The monoisotopic (exact) mass is 202 g/mol. The van der Waals surface area contributed by atoms with Gasteiger partial charge in [-0.25, -0.2) is 0 Å². The first-order chi connectivity index (χ1) is 7.16. The molecule has 0 atom stereocenters. The Morgan fingerprint density at radius 1 is 1.47 bits per heavy atom. The fourth-order valence-corrected chi connectivity index (χ4v) is 1.22. The highest BCUT2D eigenvalue weighted by Crippen LogP contribution is 2.16. The number of H-pyrrole nitrogens is 1. The number of aromatic amines is 1. The second-order valence-corrected chi connectivity index (χ2v) is 3.22. The Bertz CT molecular complexity index is 486. The van der Waals surface area contributed by atoms with Gasteiger partial charge in [0.1, 0.15) is 5.69 Å². The summed E-state index contributed by atoms with van der Waals surface area (Å²) in [5.74, 6) is -0.520. The van der Waals surface area contributed by atoms with Crippen LogP contribution in [0, 0.1) is 6.92 Å². The zero-order valence-electron chi connectivity index (χ0n) is 8.19. The largest absolute Gasteiger partial charge is 0.364 e. The van der Waals surface area contributed by atoms with Gasteiger partial charge >= 0.3 is 0 Å². The molecule has 2 aromatic rings. The van der Waals surface area contributed by atoms with Gasteiger partial charge < -0.3 is 5.73 Å². The molecule has 0 radical (unpaired) electrons. The third-order valence-electron chi connectivity index (χ3n) is 2.05. The molecule has 0 saturated heterocycles. The van der Waals surface area contributed by atoms with E-state index in [0.717, 1.165) is 11.3 Å². The molecule has 0 fully saturated rings. The van der Waals surface area contributed by atoms with Crippen LogP contribution in [0.3, 0.4) is 0 Å². The normalized spacial score (nSPS) is 10.2. The minimum atomic E-state index is -0.520. The van der Waals surface area contributed by atoms with Gasteiger partial charge in [0, 0.05) is 17.5 Å². The van der Waals surface area contributed by atoms with E-state index in [1.165, 1.54) is 0 Å². The second-order valence-electron chi connectivity index (χ2n) is 3.22. The van der Waals surface area contributed by atoms with Crippen molar-refractivity contribution >= 4 is 5.91 Å². The molecule has 2 aromatic heterocycles. The van der Waals surface area contributed by atoms with Crippen LogP contribution in [0.1, 0.15) is 16.2 Å². The topological polar surface area (TPSA) is 84.7 Å². The Labute approximate surface area is 86.3 Å². The van der Waals surface area contributed by atoms with Crippen molar-refractivity contribution in [1.29, 1.82) is 0 Å². The molecule has 0 saturated carbocycles. The summed E-state index contributed by atoms with van der Waals surface area (Å²) in [4.78, 5) is 15.0. The average Bonchev–Trinajstić information content (AvgIpc) is 2.68. The molecular weight excluding hydrogens is 192 g/mol. The Morgan fingerprint density at radius 2 is 2.27 bits per heavy atom. The molecule has 5 nitrogen and oxygen atoms in total. The Morgan fingerprint density at radius 3 is 2.80 bits per heavy atom. The maximum atomic E-state index is 10.8. The number of hydrogen-bond acceptors (Lipinski definition) is 3. The summed E-state index contributed by atoms with van der Waals surface area (Å²) in [7, 11) is 0. The number of rotatable bonds is 2. The van der Waals surface area contributed by atoms with Crippen LogP contribution in [-0.4, -0.2) is 21.1 Å². The molecule has 0 aliphatic carbocycles. The number of hydrogen-bond donors (Lipinski definition) is 2. The Balaban J connectivity index is 2.37. The highest BCUT2D eigenvalue weighted by Gasteiger charge is 2.07. The number of aromatic nitrogens is 3. The molecule has 0 aliphatic rings. The Hall–Kier alpha value is -2.17. The predicted octanol–water partition coefficient (Wildman–Crippen LogP) is 0.879. The van der Waals surface area contributed by atoms with Gasteiger partial charge in [0.05, 0.1) is 5.69 Å². The third kappa shape index (κ3) is 1.85. The first-order valence-electron chi connectivity index (χ1n) is 4.45. The van der Waals surface area contributed by atoms with Gasteiger partial charge in [-0.15, -0.1) is 0 Å². The molecule has 0 aromatic carbocycles. The molecule has 15 heavy (non-hydrogen) atoms. The fraction of sp³-hybridized carbons (Fsp3) is 0.100. The van der Waals surface area contributed by atoms with Crippen molar-refractivity contribution in [1.82, 2.24) is 15.2 Å². The number of amides is 1.